The zero-order valence-electron chi connectivity index (χ0n) is 10.5. The van der Waals surface area contributed by atoms with Crippen molar-refractivity contribution in [1.29, 1.82) is 0 Å². The topological polar surface area (TPSA) is 51.8 Å². The molecule has 1 aromatic rings. The summed E-state index contributed by atoms with van der Waals surface area (Å²) in [5, 5.41) is -1.55. The number of hydrogen-bond donors (Lipinski definition) is 1. The number of nitrogens with zero attached hydrogens (tertiary/aromatic N) is 2. The van der Waals surface area contributed by atoms with E-state index in [0.717, 1.165) is 0 Å². The van der Waals surface area contributed by atoms with Crippen LogP contribution in [0.2, 0.25) is 0 Å². The minimum atomic E-state index is -4.36. The Morgan fingerprint density at radius 2 is 1.78 bits per heavy atom. The first-order chi connectivity index (χ1) is 8.24. The van der Waals surface area contributed by atoms with Gasteiger partial charge in [-0.25, -0.2) is 9.97 Å². The fourth-order valence-electron chi connectivity index (χ4n) is 1.47. The van der Waals surface area contributed by atoms with E-state index < -0.39 is 17.5 Å². The molecule has 7 heteroatoms. The Labute approximate surface area is 108 Å². The zero-order chi connectivity index (χ0) is 13.9. The number of aromatic nitrogens is 2. The maximum atomic E-state index is 12.9. The fourth-order valence-corrected chi connectivity index (χ4v) is 2.59. The Balaban J connectivity index is 2.96. The molecule has 0 aliphatic rings. The van der Waals surface area contributed by atoms with Gasteiger partial charge < -0.3 is 5.73 Å². The molecule has 0 amide bonds. The van der Waals surface area contributed by atoms with Crippen molar-refractivity contribution < 1.29 is 13.2 Å². The van der Waals surface area contributed by atoms with Gasteiger partial charge in [0, 0.05) is 17.4 Å². The van der Waals surface area contributed by atoms with E-state index in [2.05, 4.69) is 9.97 Å². The summed E-state index contributed by atoms with van der Waals surface area (Å²) < 4.78 is 38.7. The average molecular weight is 279 g/mol. The molecule has 0 saturated carbocycles. The van der Waals surface area contributed by atoms with Crippen molar-refractivity contribution in [3.05, 3.63) is 17.5 Å². The van der Waals surface area contributed by atoms with Gasteiger partial charge in [-0.1, -0.05) is 18.7 Å². The second kappa shape index (κ2) is 5.88. The van der Waals surface area contributed by atoms with Gasteiger partial charge in [-0.3, -0.25) is 0 Å². The molecule has 1 heterocycles. The lowest BCUT2D eigenvalue weighted by atomic mass is 10.1. The van der Waals surface area contributed by atoms with Gasteiger partial charge in [-0.15, -0.1) is 0 Å². The van der Waals surface area contributed by atoms with Gasteiger partial charge in [-0.05, 0) is 26.3 Å². The van der Waals surface area contributed by atoms with Crippen LogP contribution in [0.4, 0.5) is 13.2 Å². The highest BCUT2D eigenvalue weighted by molar-refractivity contribution is 7.99. The highest BCUT2D eigenvalue weighted by atomic mass is 32.2. The molecule has 18 heavy (non-hydrogen) atoms. The lowest BCUT2D eigenvalue weighted by Gasteiger charge is -2.24. The van der Waals surface area contributed by atoms with Gasteiger partial charge in [-0.2, -0.15) is 13.2 Å². The molecular weight excluding hydrogens is 263 g/mol. The largest absolute Gasteiger partial charge is 0.402 e. The molecule has 2 N–H and O–H groups in total. The SMILES string of the molecule is CCC(N)C(Sc1nc(C)cc(C)n1)C(F)(F)F. The summed E-state index contributed by atoms with van der Waals surface area (Å²) >= 11 is 0.584. The first kappa shape index (κ1) is 15.2. The van der Waals surface area contributed by atoms with E-state index in [9.17, 15) is 13.2 Å². The molecule has 0 aliphatic carbocycles. The second-order valence-electron chi connectivity index (χ2n) is 4.09. The van der Waals surface area contributed by atoms with Crippen LogP contribution in [0, 0.1) is 13.8 Å². The molecule has 0 fully saturated rings. The van der Waals surface area contributed by atoms with E-state index in [1.54, 1.807) is 26.8 Å². The summed E-state index contributed by atoms with van der Waals surface area (Å²) in [6.07, 6.45) is -4.11. The van der Waals surface area contributed by atoms with E-state index in [-0.39, 0.29) is 11.6 Å². The monoisotopic (exact) mass is 279 g/mol. The van der Waals surface area contributed by atoms with Crippen LogP contribution in [0.5, 0.6) is 0 Å². The van der Waals surface area contributed by atoms with Crippen LogP contribution in [0.3, 0.4) is 0 Å². The zero-order valence-corrected chi connectivity index (χ0v) is 11.3. The first-order valence-corrected chi connectivity index (χ1v) is 6.43. The summed E-state index contributed by atoms with van der Waals surface area (Å²) in [5.41, 5.74) is 6.83. The van der Waals surface area contributed by atoms with Gasteiger partial charge >= 0.3 is 6.18 Å². The molecule has 2 atom stereocenters. The van der Waals surface area contributed by atoms with Gasteiger partial charge in [0.05, 0.1) is 0 Å². The molecule has 0 saturated heterocycles. The predicted molar refractivity (Wildman–Crippen MR) is 65.5 cm³/mol. The Hall–Kier alpha value is -0.820. The molecule has 1 aromatic heterocycles. The summed E-state index contributed by atoms with van der Waals surface area (Å²) in [6, 6.07) is 0.756. The average Bonchev–Trinajstić information content (AvgIpc) is 2.22. The van der Waals surface area contributed by atoms with E-state index in [0.29, 0.717) is 23.1 Å². The van der Waals surface area contributed by atoms with E-state index in [4.69, 9.17) is 5.73 Å². The lowest BCUT2D eigenvalue weighted by molar-refractivity contribution is -0.132. The molecule has 1 rings (SSSR count). The Morgan fingerprint density at radius 1 is 1.28 bits per heavy atom. The lowest BCUT2D eigenvalue weighted by Crippen LogP contribution is -2.42. The van der Waals surface area contributed by atoms with Crippen molar-refractivity contribution in [2.75, 3.05) is 0 Å². The quantitative estimate of drug-likeness (QED) is 0.680. The highest BCUT2D eigenvalue weighted by Gasteiger charge is 2.44. The smallest absolute Gasteiger partial charge is 0.326 e. The van der Waals surface area contributed by atoms with E-state index in [1.807, 2.05) is 0 Å². The normalized spacial score (nSPS) is 15.5. The maximum absolute atomic E-state index is 12.9. The van der Waals surface area contributed by atoms with Gasteiger partial charge in [0.2, 0.25) is 0 Å². The van der Waals surface area contributed by atoms with Gasteiger partial charge in [0.1, 0.15) is 5.25 Å². The van der Waals surface area contributed by atoms with Crippen LogP contribution in [0.15, 0.2) is 11.2 Å². The number of aryl methyl sites for hydroxylation is 2. The highest BCUT2D eigenvalue weighted by Crippen LogP contribution is 2.36. The maximum Gasteiger partial charge on any atom is 0.402 e. The van der Waals surface area contributed by atoms with Crippen LogP contribution in [0.1, 0.15) is 24.7 Å². The third kappa shape index (κ3) is 4.13. The van der Waals surface area contributed by atoms with E-state index in [1.165, 1.54) is 0 Å². The molecule has 0 spiro atoms. The first-order valence-electron chi connectivity index (χ1n) is 5.55. The minimum Gasteiger partial charge on any atom is -0.326 e. The Morgan fingerprint density at radius 3 is 2.17 bits per heavy atom. The predicted octanol–water partition coefficient (Wildman–Crippen LogP) is 2.85. The fraction of sp³-hybridized carbons (Fsp3) is 0.636. The number of alkyl halides is 3. The summed E-state index contributed by atoms with van der Waals surface area (Å²) in [7, 11) is 0. The standard InChI is InChI=1S/C11H16F3N3S/c1-4-8(15)9(11(12,13)14)18-10-16-6(2)5-7(3)17-10/h5,8-9H,4,15H2,1-3H3. The van der Waals surface area contributed by atoms with Gasteiger partial charge in [0.15, 0.2) is 5.16 Å². The number of rotatable bonds is 4. The van der Waals surface area contributed by atoms with Crippen molar-refractivity contribution >= 4 is 11.8 Å². The molecule has 0 aliphatic heterocycles. The molecule has 0 bridgehead atoms. The molecule has 0 aromatic carbocycles. The van der Waals surface area contributed by atoms with Crippen LogP contribution < -0.4 is 5.73 Å². The third-order valence-corrected chi connectivity index (χ3v) is 3.64. The van der Waals surface area contributed by atoms with Crippen molar-refractivity contribution in [1.82, 2.24) is 9.97 Å². The number of hydrogen-bond acceptors (Lipinski definition) is 4. The number of nitrogens with two attached hydrogens (primary N) is 1. The molecule has 102 valence electrons. The van der Waals surface area contributed by atoms with Crippen LogP contribution in [-0.2, 0) is 0 Å². The second-order valence-corrected chi connectivity index (χ2v) is 5.19. The van der Waals surface area contributed by atoms with Crippen LogP contribution in [0.25, 0.3) is 0 Å². The Kier molecular flexibility index (Phi) is 4.98. The summed E-state index contributed by atoms with van der Waals surface area (Å²) in [5.74, 6) is 0. The molecular formula is C11H16F3N3S. The van der Waals surface area contributed by atoms with Crippen molar-refractivity contribution in [2.24, 2.45) is 5.73 Å². The molecule has 2 unspecified atom stereocenters. The van der Waals surface area contributed by atoms with E-state index >= 15 is 0 Å². The van der Waals surface area contributed by atoms with Crippen LogP contribution >= 0.6 is 11.8 Å². The van der Waals surface area contributed by atoms with Crippen molar-refractivity contribution in [2.45, 2.75) is 49.8 Å². The third-order valence-electron chi connectivity index (χ3n) is 2.38. The van der Waals surface area contributed by atoms with Gasteiger partial charge in [0.25, 0.3) is 0 Å². The van der Waals surface area contributed by atoms with Crippen molar-refractivity contribution in [3.8, 4) is 0 Å². The molecule has 0 radical (unpaired) electrons. The Bertz CT molecular complexity index is 389. The summed E-state index contributed by atoms with van der Waals surface area (Å²) in [4.78, 5) is 8.00. The van der Waals surface area contributed by atoms with Crippen molar-refractivity contribution in [3.63, 3.8) is 0 Å². The molecule has 3 nitrogen and oxygen atoms in total. The number of halogens is 3. The number of thioether (sulfide) groups is 1. The summed E-state index contributed by atoms with van der Waals surface area (Å²) in [6.45, 7) is 5.08. The van der Waals surface area contributed by atoms with Crippen LogP contribution in [-0.4, -0.2) is 27.4 Å². The minimum absolute atomic E-state index is 0.124.